The summed E-state index contributed by atoms with van der Waals surface area (Å²) >= 11 is 8.40. The maximum Gasteiger partial charge on any atom is 0.243 e. The highest BCUT2D eigenvalue weighted by Gasteiger charge is 2.19. The highest BCUT2D eigenvalue weighted by molar-refractivity contribution is 14.1. The minimum Gasteiger partial charge on any atom is -0.360 e. The fraction of sp³-hybridized carbons (Fsp3) is 0.263. The van der Waals surface area contributed by atoms with E-state index in [-0.39, 0.29) is 12.5 Å². The first kappa shape index (κ1) is 20.0. The van der Waals surface area contributed by atoms with Gasteiger partial charge in [-0.3, -0.25) is 4.79 Å². The van der Waals surface area contributed by atoms with Crippen molar-refractivity contribution in [2.75, 3.05) is 48.3 Å². The van der Waals surface area contributed by atoms with Gasteiger partial charge in [-0.15, -0.1) is 0 Å². The van der Waals surface area contributed by atoms with Crippen molar-refractivity contribution < 1.29 is 4.79 Å². The van der Waals surface area contributed by atoms with Gasteiger partial charge in [0.2, 0.25) is 11.9 Å². The molecule has 1 aromatic carbocycles. The van der Waals surface area contributed by atoms with Crippen LogP contribution in [0, 0.1) is 0 Å². The molecule has 0 unspecified atom stereocenters. The van der Waals surface area contributed by atoms with Crippen molar-refractivity contribution in [3.63, 3.8) is 0 Å². The molecule has 1 fully saturated rings. The quantitative estimate of drug-likeness (QED) is 0.302. The van der Waals surface area contributed by atoms with Crippen LogP contribution in [0.25, 0.3) is 10.9 Å². The Bertz CT molecular complexity index is 1010. The number of hydrogen-bond donors (Lipinski definition) is 2. The first-order valence-electron chi connectivity index (χ1n) is 9.16. The van der Waals surface area contributed by atoms with Gasteiger partial charge < -0.3 is 15.5 Å². The van der Waals surface area contributed by atoms with Crippen LogP contribution in [0.3, 0.4) is 0 Å². The SMILES string of the molecule is O=C(CNc1nc(N2CCN(I)CC2)nc2cnc(Cl)cc12)Nc1ccccc1. The van der Waals surface area contributed by atoms with Crippen LogP contribution in [-0.2, 0) is 4.79 Å². The van der Waals surface area contributed by atoms with E-state index in [1.807, 2.05) is 30.3 Å². The van der Waals surface area contributed by atoms with Crippen LogP contribution in [0.2, 0.25) is 5.15 Å². The second-order valence-electron chi connectivity index (χ2n) is 6.56. The third kappa shape index (κ3) is 5.03. The molecule has 0 saturated carbocycles. The van der Waals surface area contributed by atoms with Crippen LogP contribution < -0.4 is 15.5 Å². The molecule has 29 heavy (non-hydrogen) atoms. The van der Waals surface area contributed by atoms with E-state index in [0.29, 0.717) is 22.4 Å². The molecule has 1 amide bonds. The molecule has 0 bridgehead atoms. The van der Waals surface area contributed by atoms with Gasteiger partial charge >= 0.3 is 0 Å². The van der Waals surface area contributed by atoms with E-state index >= 15 is 0 Å². The van der Waals surface area contributed by atoms with E-state index in [2.05, 4.69) is 56.5 Å². The zero-order chi connectivity index (χ0) is 20.2. The topological polar surface area (TPSA) is 86.3 Å². The third-order valence-corrected chi connectivity index (χ3v) is 5.69. The smallest absolute Gasteiger partial charge is 0.243 e. The lowest BCUT2D eigenvalue weighted by atomic mass is 10.3. The number of pyridine rings is 1. The summed E-state index contributed by atoms with van der Waals surface area (Å²) in [7, 11) is 0. The zero-order valence-electron chi connectivity index (χ0n) is 15.5. The van der Waals surface area contributed by atoms with Crippen LogP contribution in [-0.4, -0.2) is 56.7 Å². The molecule has 8 nitrogen and oxygen atoms in total. The third-order valence-electron chi connectivity index (χ3n) is 4.52. The van der Waals surface area contributed by atoms with Gasteiger partial charge in [0, 0.05) is 60.1 Å². The van der Waals surface area contributed by atoms with Crippen molar-refractivity contribution >= 4 is 68.7 Å². The van der Waals surface area contributed by atoms with E-state index in [4.69, 9.17) is 11.6 Å². The fourth-order valence-corrected chi connectivity index (χ4v) is 3.63. The number of carbonyl (C=O) groups excluding carboxylic acids is 1. The molecule has 0 spiro atoms. The number of nitrogens with one attached hydrogen (secondary N) is 2. The van der Waals surface area contributed by atoms with E-state index in [0.717, 1.165) is 37.3 Å². The van der Waals surface area contributed by atoms with Crippen molar-refractivity contribution in [3.8, 4) is 0 Å². The van der Waals surface area contributed by atoms with Gasteiger partial charge in [-0.1, -0.05) is 29.8 Å². The Hall–Kier alpha value is -2.24. The number of benzene rings is 1. The van der Waals surface area contributed by atoms with E-state index in [1.54, 1.807) is 12.3 Å². The van der Waals surface area contributed by atoms with E-state index in [9.17, 15) is 4.79 Å². The summed E-state index contributed by atoms with van der Waals surface area (Å²) in [6.07, 6.45) is 1.63. The lowest BCUT2D eigenvalue weighted by molar-refractivity contribution is -0.114. The van der Waals surface area contributed by atoms with Gasteiger partial charge in [0.05, 0.1) is 18.3 Å². The average molecular weight is 524 g/mol. The number of amides is 1. The Morgan fingerprint density at radius 2 is 1.90 bits per heavy atom. The van der Waals surface area contributed by atoms with Gasteiger partial charge in [0.25, 0.3) is 0 Å². The van der Waals surface area contributed by atoms with Crippen LogP contribution in [0.15, 0.2) is 42.6 Å². The summed E-state index contributed by atoms with van der Waals surface area (Å²) in [5.41, 5.74) is 1.43. The largest absolute Gasteiger partial charge is 0.360 e. The lowest BCUT2D eigenvalue weighted by Crippen LogP contribution is -2.43. The van der Waals surface area contributed by atoms with Crippen LogP contribution in [0.5, 0.6) is 0 Å². The lowest BCUT2D eigenvalue weighted by Gasteiger charge is -2.31. The normalized spacial score (nSPS) is 14.8. The highest BCUT2D eigenvalue weighted by Crippen LogP contribution is 2.26. The van der Waals surface area contributed by atoms with E-state index in [1.165, 1.54) is 0 Å². The number of anilines is 3. The number of nitrogens with zero attached hydrogens (tertiary/aromatic N) is 5. The Labute approximate surface area is 187 Å². The minimum absolute atomic E-state index is 0.0713. The predicted molar refractivity (Wildman–Crippen MR) is 124 cm³/mol. The first-order chi connectivity index (χ1) is 14.1. The maximum absolute atomic E-state index is 12.3. The molecule has 0 atom stereocenters. The van der Waals surface area contributed by atoms with Crippen molar-refractivity contribution in [1.82, 2.24) is 18.1 Å². The molecule has 10 heteroatoms. The Morgan fingerprint density at radius 1 is 1.14 bits per heavy atom. The molecule has 2 aromatic heterocycles. The number of aromatic nitrogens is 3. The molecule has 0 aliphatic carbocycles. The van der Waals surface area contributed by atoms with Crippen molar-refractivity contribution in [2.45, 2.75) is 0 Å². The van der Waals surface area contributed by atoms with Gasteiger partial charge in [-0.2, -0.15) is 4.98 Å². The predicted octanol–water partition coefficient (Wildman–Crippen LogP) is 3.20. The zero-order valence-corrected chi connectivity index (χ0v) is 18.4. The number of piperazine rings is 1. The standard InChI is InChI=1S/C19H19ClIN7O/c20-16-10-14-15(11-22-16)25-19(27-6-8-28(21)9-7-27)26-18(14)23-12-17(29)24-13-4-2-1-3-5-13/h1-5,10-11H,6-9,12H2,(H,24,29)(H,23,25,26). The van der Waals surface area contributed by atoms with Crippen molar-refractivity contribution in [2.24, 2.45) is 0 Å². The second-order valence-corrected chi connectivity index (χ2v) is 8.31. The van der Waals surface area contributed by atoms with Crippen molar-refractivity contribution in [1.29, 1.82) is 0 Å². The Morgan fingerprint density at radius 3 is 2.66 bits per heavy atom. The summed E-state index contributed by atoms with van der Waals surface area (Å²) in [6, 6.07) is 11.0. The molecule has 150 valence electrons. The number of rotatable bonds is 5. The molecular weight excluding hydrogens is 505 g/mol. The highest BCUT2D eigenvalue weighted by atomic mass is 127. The molecule has 2 N–H and O–H groups in total. The van der Waals surface area contributed by atoms with Gasteiger partial charge in [-0.05, 0) is 18.2 Å². The number of fused-ring (bicyclic) bond motifs is 1. The average Bonchev–Trinajstić information content (AvgIpc) is 2.73. The molecule has 3 heterocycles. The maximum atomic E-state index is 12.3. The molecule has 1 saturated heterocycles. The molecule has 1 aliphatic rings. The van der Waals surface area contributed by atoms with Crippen molar-refractivity contribution in [3.05, 3.63) is 47.7 Å². The Kier molecular flexibility index (Phi) is 6.26. The number of halogens is 2. The van der Waals surface area contributed by atoms with Crippen LogP contribution >= 0.6 is 34.5 Å². The summed E-state index contributed by atoms with van der Waals surface area (Å²) < 4.78 is 2.24. The van der Waals surface area contributed by atoms with Gasteiger partial charge in [0.15, 0.2) is 0 Å². The number of hydrogen-bond acceptors (Lipinski definition) is 7. The summed E-state index contributed by atoms with van der Waals surface area (Å²) in [6.45, 7) is 3.61. The molecular formula is C19H19ClIN7O. The van der Waals surface area contributed by atoms with Gasteiger partial charge in [0.1, 0.15) is 11.0 Å². The summed E-state index contributed by atoms with van der Waals surface area (Å²) in [5, 5.41) is 7.07. The summed E-state index contributed by atoms with van der Waals surface area (Å²) in [4.78, 5) is 28.0. The minimum atomic E-state index is -0.164. The second kappa shape index (κ2) is 9.06. The summed E-state index contributed by atoms with van der Waals surface area (Å²) in [5.74, 6) is 1.02. The molecule has 4 rings (SSSR count). The van der Waals surface area contributed by atoms with Crippen LogP contribution in [0.1, 0.15) is 0 Å². The fourth-order valence-electron chi connectivity index (χ4n) is 3.04. The number of para-hydroxylation sites is 1. The Balaban J connectivity index is 1.56. The molecule has 0 radical (unpaired) electrons. The van der Waals surface area contributed by atoms with E-state index < -0.39 is 0 Å². The van der Waals surface area contributed by atoms with Crippen LogP contribution in [0.4, 0.5) is 17.5 Å². The number of carbonyl (C=O) groups is 1. The monoisotopic (exact) mass is 523 g/mol. The van der Waals surface area contributed by atoms with Gasteiger partial charge in [-0.25, -0.2) is 13.1 Å². The molecule has 3 aromatic rings. The first-order valence-corrected chi connectivity index (χ1v) is 10.5. The molecule has 1 aliphatic heterocycles.